The summed E-state index contributed by atoms with van der Waals surface area (Å²) in [6, 6.07) is 5.82. The fourth-order valence-electron chi connectivity index (χ4n) is 3.84. The molecule has 7 nitrogen and oxygen atoms in total. The summed E-state index contributed by atoms with van der Waals surface area (Å²) in [5, 5.41) is 7.24. The molecule has 1 aliphatic heterocycles. The van der Waals surface area contributed by atoms with Gasteiger partial charge in [0, 0.05) is 18.8 Å². The van der Waals surface area contributed by atoms with Gasteiger partial charge in [-0.3, -0.25) is 9.48 Å². The topological polar surface area (TPSA) is 84.3 Å². The first-order chi connectivity index (χ1) is 13.6. The monoisotopic (exact) mass is 418 g/mol. The van der Waals surface area contributed by atoms with E-state index in [2.05, 4.69) is 17.3 Å². The van der Waals surface area contributed by atoms with Crippen molar-refractivity contribution in [3.8, 4) is 0 Å². The van der Waals surface area contributed by atoms with Crippen molar-refractivity contribution in [1.82, 2.24) is 14.1 Å². The van der Waals surface area contributed by atoms with Crippen molar-refractivity contribution in [2.45, 2.75) is 58.9 Å². The molecule has 1 saturated heterocycles. The highest BCUT2D eigenvalue weighted by Gasteiger charge is 2.33. The minimum absolute atomic E-state index is 0.0352. The summed E-state index contributed by atoms with van der Waals surface area (Å²) in [6.45, 7) is 10.5. The first-order valence-corrected chi connectivity index (χ1v) is 11.4. The Morgan fingerprint density at radius 1 is 1.17 bits per heavy atom. The number of rotatable bonds is 5. The largest absolute Gasteiger partial charge is 0.324 e. The molecule has 158 valence electrons. The molecule has 1 fully saturated rings. The van der Waals surface area contributed by atoms with Crippen LogP contribution in [-0.4, -0.2) is 41.5 Å². The highest BCUT2D eigenvalue weighted by molar-refractivity contribution is 7.89. The fraction of sp³-hybridized carbons (Fsp3) is 0.524. The number of hydrogen-bond acceptors (Lipinski definition) is 4. The lowest BCUT2D eigenvalue weighted by Gasteiger charge is -2.29. The van der Waals surface area contributed by atoms with Crippen LogP contribution < -0.4 is 5.32 Å². The van der Waals surface area contributed by atoms with Crippen LogP contribution >= 0.6 is 0 Å². The second-order valence-corrected chi connectivity index (χ2v) is 9.99. The molecule has 2 heterocycles. The van der Waals surface area contributed by atoms with Crippen LogP contribution in [0.5, 0.6) is 0 Å². The Bertz CT molecular complexity index is 1020. The molecule has 1 aliphatic rings. The van der Waals surface area contributed by atoms with Crippen LogP contribution in [0.1, 0.15) is 42.3 Å². The highest BCUT2D eigenvalue weighted by Crippen LogP contribution is 2.27. The molecule has 0 spiro atoms. The Kier molecular flexibility index (Phi) is 6.14. The molecule has 1 N–H and O–H groups in total. The summed E-state index contributed by atoms with van der Waals surface area (Å²) in [4.78, 5) is 12.8. The zero-order chi connectivity index (χ0) is 21.3. The highest BCUT2D eigenvalue weighted by atomic mass is 32.2. The van der Waals surface area contributed by atoms with E-state index in [4.69, 9.17) is 0 Å². The normalized spacial score (nSPS) is 16.2. The molecular weight excluding hydrogens is 388 g/mol. The smallest absolute Gasteiger partial charge is 0.246 e. The van der Waals surface area contributed by atoms with Gasteiger partial charge in [-0.05, 0) is 58.1 Å². The molecule has 0 saturated carbocycles. The second-order valence-electron chi connectivity index (χ2n) is 8.11. The third kappa shape index (κ3) is 4.53. The van der Waals surface area contributed by atoms with Crippen molar-refractivity contribution < 1.29 is 13.2 Å². The standard InChI is InChI=1S/C21H30N4O3S/c1-14-8-10-24(11-9-14)29(27,28)21-17(4)23-25(18(21)5)13-20(26)22-19-7-6-15(2)12-16(19)3/h6-7,12,14H,8-11,13H2,1-5H3,(H,22,26). The van der Waals surface area contributed by atoms with E-state index in [1.165, 1.54) is 4.68 Å². The van der Waals surface area contributed by atoms with Gasteiger partial charge < -0.3 is 5.32 Å². The molecule has 0 atom stereocenters. The summed E-state index contributed by atoms with van der Waals surface area (Å²) in [6.07, 6.45) is 1.73. The van der Waals surface area contributed by atoms with Gasteiger partial charge in [0.25, 0.3) is 0 Å². The molecule has 0 aliphatic carbocycles. The predicted octanol–water partition coefficient (Wildman–Crippen LogP) is 3.18. The van der Waals surface area contributed by atoms with Gasteiger partial charge in [0.05, 0.1) is 11.4 Å². The average molecular weight is 419 g/mol. The van der Waals surface area contributed by atoms with Gasteiger partial charge in [0.1, 0.15) is 11.4 Å². The molecular formula is C21H30N4O3S. The number of sulfonamides is 1. The van der Waals surface area contributed by atoms with E-state index in [1.54, 1.807) is 18.2 Å². The molecule has 8 heteroatoms. The first-order valence-electron chi connectivity index (χ1n) is 10.0. The molecule has 1 aromatic carbocycles. The number of hydrogen-bond donors (Lipinski definition) is 1. The number of piperidine rings is 1. The van der Waals surface area contributed by atoms with Gasteiger partial charge in [-0.1, -0.05) is 24.6 Å². The lowest BCUT2D eigenvalue weighted by Crippen LogP contribution is -2.38. The molecule has 0 radical (unpaired) electrons. The van der Waals surface area contributed by atoms with Gasteiger partial charge in [0.2, 0.25) is 15.9 Å². The van der Waals surface area contributed by atoms with Crippen LogP contribution in [0.15, 0.2) is 23.1 Å². The summed E-state index contributed by atoms with van der Waals surface area (Å²) in [5.74, 6) is 0.304. The predicted molar refractivity (Wildman–Crippen MR) is 113 cm³/mol. The number of anilines is 1. The van der Waals surface area contributed by atoms with Crippen LogP contribution in [0.2, 0.25) is 0 Å². The minimum Gasteiger partial charge on any atom is -0.324 e. The minimum atomic E-state index is -3.61. The Balaban J connectivity index is 1.79. The number of nitrogens with zero attached hydrogens (tertiary/aromatic N) is 3. The summed E-state index contributed by atoms with van der Waals surface area (Å²) < 4.78 is 29.4. The third-order valence-corrected chi connectivity index (χ3v) is 7.76. The van der Waals surface area contributed by atoms with E-state index in [1.807, 2.05) is 32.0 Å². The van der Waals surface area contributed by atoms with Crippen molar-refractivity contribution in [3.05, 3.63) is 40.7 Å². The Hall–Kier alpha value is -2.19. The van der Waals surface area contributed by atoms with E-state index in [0.717, 1.165) is 29.7 Å². The lowest BCUT2D eigenvalue weighted by molar-refractivity contribution is -0.116. The maximum atomic E-state index is 13.2. The van der Waals surface area contributed by atoms with Crippen LogP contribution in [0.4, 0.5) is 5.69 Å². The molecule has 0 unspecified atom stereocenters. The van der Waals surface area contributed by atoms with Gasteiger partial charge in [-0.15, -0.1) is 0 Å². The van der Waals surface area contributed by atoms with Crippen molar-refractivity contribution in [2.24, 2.45) is 5.92 Å². The fourth-order valence-corrected chi connectivity index (χ4v) is 5.68. The van der Waals surface area contributed by atoms with Crippen LogP contribution in [0.3, 0.4) is 0 Å². The zero-order valence-electron chi connectivity index (χ0n) is 17.8. The Morgan fingerprint density at radius 3 is 2.45 bits per heavy atom. The third-order valence-electron chi connectivity index (χ3n) is 5.60. The molecule has 1 amide bonds. The van der Waals surface area contributed by atoms with Crippen LogP contribution in [0, 0.1) is 33.6 Å². The molecule has 2 aromatic rings. The van der Waals surface area contributed by atoms with Crippen molar-refractivity contribution >= 4 is 21.6 Å². The van der Waals surface area contributed by atoms with Crippen LogP contribution in [0.25, 0.3) is 0 Å². The van der Waals surface area contributed by atoms with E-state index in [0.29, 0.717) is 30.4 Å². The lowest BCUT2D eigenvalue weighted by atomic mass is 10.0. The first kappa shape index (κ1) is 21.5. The zero-order valence-corrected chi connectivity index (χ0v) is 18.6. The second kappa shape index (κ2) is 8.28. The van der Waals surface area contributed by atoms with Gasteiger partial charge >= 0.3 is 0 Å². The summed E-state index contributed by atoms with van der Waals surface area (Å²) in [7, 11) is -3.61. The summed E-state index contributed by atoms with van der Waals surface area (Å²) in [5.41, 5.74) is 3.78. The van der Waals surface area contributed by atoms with Crippen LogP contribution in [-0.2, 0) is 21.4 Å². The number of aromatic nitrogens is 2. The number of amides is 1. The van der Waals surface area contributed by atoms with Gasteiger partial charge in [0.15, 0.2) is 0 Å². The van der Waals surface area contributed by atoms with E-state index < -0.39 is 10.0 Å². The van der Waals surface area contributed by atoms with Crippen molar-refractivity contribution in [3.63, 3.8) is 0 Å². The quantitative estimate of drug-likeness (QED) is 0.808. The maximum Gasteiger partial charge on any atom is 0.246 e. The maximum absolute atomic E-state index is 13.2. The number of nitrogens with one attached hydrogen (secondary N) is 1. The average Bonchev–Trinajstić information content (AvgIpc) is 2.91. The van der Waals surface area contributed by atoms with E-state index in [9.17, 15) is 13.2 Å². The van der Waals surface area contributed by atoms with Gasteiger partial charge in [-0.2, -0.15) is 9.40 Å². The van der Waals surface area contributed by atoms with E-state index in [-0.39, 0.29) is 17.3 Å². The molecule has 0 bridgehead atoms. The molecule has 3 rings (SSSR count). The van der Waals surface area contributed by atoms with Crippen molar-refractivity contribution in [2.75, 3.05) is 18.4 Å². The van der Waals surface area contributed by atoms with E-state index >= 15 is 0 Å². The Labute approximate surface area is 173 Å². The molecule has 1 aromatic heterocycles. The summed E-state index contributed by atoms with van der Waals surface area (Å²) >= 11 is 0. The Morgan fingerprint density at radius 2 is 1.83 bits per heavy atom. The number of aryl methyl sites for hydroxylation is 3. The SMILES string of the molecule is Cc1ccc(NC(=O)Cn2nc(C)c(S(=O)(=O)N3CCC(C)CC3)c2C)c(C)c1. The molecule has 29 heavy (non-hydrogen) atoms. The number of benzene rings is 1. The number of carbonyl (C=O) groups excluding carboxylic acids is 1. The van der Waals surface area contributed by atoms with Crippen molar-refractivity contribution in [1.29, 1.82) is 0 Å². The number of carbonyl (C=O) groups is 1. The van der Waals surface area contributed by atoms with Gasteiger partial charge in [-0.25, -0.2) is 8.42 Å².